The van der Waals surface area contributed by atoms with Crippen molar-refractivity contribution in [2.24, 2.45) is 0 Å². The van der Waals surface area contributed by atoms with E-state index < -0.39 is 0 Å². The van der Waals surface area contributed by atoms with Crippen molar-refractivity contribution in [1.82, 2.24) is 15.0 Å². The zero-order valence-electron chi connectivity index (χ0n) is 11.2. The summed E-state index contributed by atoms with van der Waals surface area (Å²) in [5, 5.41) is 20.8. The Morgan fingerprint density at radius 1 is 1.26 bits per heavy atom. The molecule has 19 heavy (non-hydrogen) atoms. The summed E-state index contributed by atoms with van der Waals surface area (Å²) in [6.45, 7) is 4.93. The van der Waals surface area contributed by atoms with E-state index in [9.17, 15) is 0 Å². The fraction of sp³-hybridized carbons (Fsp3) is 0.357. The van der Waals surface area contributed by atoms with Crippen LogP contribution < -0.4 is 5.32 Å². The number of benzene rings is 1. The first-order valence-electron chi connectivity index (χ1n) is 6.49. The summed E-state index contributed by atoms with van der Waals surface area (Å²) in [6.07, 6.45) is 1.88. The Bertz CT molecular complexity index is 594. The molecule has 0 amide bonds. The van der Waals surface area contributed by atoms with Crippen LogP contribution in [0.15, 0.2) is 24.3 Å². The van der Waals surface area contributed by atoms with E-state index in [2.05, 4.69) is 35.4 Å². The van der Waals surface area contributed by atoms with E-state index in [1.165, 1.54) is 4.80 Å². The van der Waals surface area contributed by atoms with E-state index in [1.807, 2.05) is 24.3 Å². The van der Waals surface area contributed by atoms with E-state index in [0.29, 0.717) is 11.5 Å². The third-order valence-corrected chi connectivity index (χ3v) is 2.85. The van der Waals surface area contributed by atoms with Gasteiger partial charge in [-0.3, -0.25) is 0 Å². The Balaban J connectivity index is 2.40. The third-order valence-electron chi connectivity index (χ3n) is 2.85. The van der Waals surface area contributed by atoms with Crippen LogP contribution in [0.1, 0.15) is 31.5 Å². The second kappa shape index (κ2) is 6.01. The molecule has 0 fully saturated rings. The van der Waals surface area contributed by atoms with Gasteiger partial charge in [0.05, 0.1) is 5.69 Å². The molecule has 0 bridgehead atoms. The van der Waals surface area contributed by atoms with E-state index in [4.69, 9.17) is 5.26 Å². The summed E-state index contributed by atoms with van der Waals surface area (Å²) < 4.78 is 0. The number of nitrogens with one attached hydrogen (secondary N) is 1. The van der Waals surface area contributed by atoms with E-state index in [-0.39, 0.29) is 0 Å². The van der Waals surface area contributed by atoms with E-state index in [0.717, 1.165) is 30.6 Å². The average Bonchev–Trinajstić information content (AvgIpc) is 2.88. The summed E-state index contributed by atoms with van der Waals surface area (Å²) in [7, 11) is 0. The molecule has 0 aliphatic heterocycles. The number of para-hydroxylation sites is 1. The van der Waals surface area contributed by atoms with Gasteiger partial charge in [-0.1, -0.05) is 32.0 Å². The Kier molecular flexibility index (Phi) is 4.14. The highest BCUT2D eigenvalue weighted by atomic mass is 15.5. The minimum absolute atomic E-state index is 0.333. The van der Waals surface area contributed by atoms with Crippen LogP contribution in [0.4, 0.5) is 5.82 Å². The first kappa shape index (κ1) is 13.1. The molecule has 0 spiro atoms. The molecule has 0 atom stereocenters. The Morgan fingerprint density at radius 2 is 2.05 bits per heavy atom. The van der Waals surface area contributed by atoms with Crippen molar-refractivity contribution < 1.29 is 0 Å². The lowest BCUT2D eigenvalue weighted by molar-refractivity contribution is 0.740. The quantitative estimate of drug-likeness (QED) is 0.891. The SMILES string of the molecule is CCCNc1nn(-c2ccccc2CC)nc1C#N. The number of rotatable bonds is 5. The van der Waals surface area contributed by atoms with Gasteiger partial charge in [-0.2, -0.15) is 5.26 Å². The molecule has 1 heterocycles. The van der Waals surface area contributed by atoms with Gasteiger partial charge in [-0.25, -0.2) is 0 Å². The number of nitrogens with zero attached hydrogens (tertiary/aromatic N) is 4. The van der Waals surface area contributed by atoms with Gasteiger partial charge < -0.3 is 5.32 Å². The zero-order chi connectivity index (χ0) is 13.7. The molecule has 0 aliphatic carbocycles. The number of anilines is 1. The highest BCUT2D eigenvalue weighted by Crippen LogP contribution is 2.16. The molecule has 1 aromatic carbocycles. The number of hydrogen-bond donors (Lipinski definition) is 1. The largest absolute Gasteiger partial charge is 0.366 e. The van der Waals surface area contributed by atoms with Gasteiger partial charge in [0, 0.05) is 6.54 Å². The topological polar surface area (TPSA) is 66.5 Å². The molecule has 0 aliphatic rings. The standard InChI is InChI=1S/C14H17N5/c1-3-9-16-14-12(10-15)17-19(18-14)13-8-6-5-7-11(13)4-2/h5-8H,3-4,9H2,1-2H3,(H,16,18). The van der Waals surface area contributed by atoms with Crippen LogP contribution in [0.3, 0.4) is 0 Å². The molecule has 0 saturated heterocycles. The molecule has 2 rings (SSSR count). The number of nitriles is 1. The zero-order valence-corrected chi connectivity index (χ0v) is 11.2. The maximum atomic E-state index is 9.10. The predicted octanol–water partition coefficient (Wildman–Crippen LogP) is 2.52. The highest BCUT2D eigenvalue weighted by Gasteiger charge is 2.12. The van der Waals surface area contributed by atoms with Gasteiger partial charge in [0.25, 0.3) is 0 Å². The molecule has 2 aromatic rings. The lowest BCUT2D eigenvalue weighted by Gasteiger charge is -2.05. The summed E-state index contributed by atoms with van der Waals surface area (Å²) in [4.78, 5) is 1.54. The number of aryl methyl sites for hydroxylation is 1. The molecule has 5 nitrogen and oxygen atoms in total. The molecule has 1 aromatic heterocycles. The molecule has 5 heteroatoms. The number of aromatic nitrogens is 3. The van der Waals surface area contributed by atoms with Crippen LogP contribution in [0.25, 0.3) is 5.69 Å². The Labute approximate surface area is 112 Å². The van der Waals surface area contributed by atoms with Crippen molar-refractivity contribution in [1.29, 1.82) is 5.26 Å². The molecular weight excluding hydrogens is 238 g/mol. The van der Waals surface area contributed by atoms with Gasteiger partial charge in [-0.05, 0) is 24.5 Å². The fourth-order valence-electron chi connectivity index (χ4n) is 1.86. The van der Waals surface area contributed by atoms with Crippen molar-refractivity contribution in [2.45, 2.75) is 26.7 Å². The molecule has 0 unspecified atom stereocenters. The van der Waals surface area contributed by atoms with Gasteiger partial charge in [0.2, 0.25) is 5.69 Å². The minimum Gasteiger partial charge on any atom is -0.366 e. The van der Waals surface area contributed by atoms with Gasteiger partial charge in [-0.15, -0.1) is 15.0 Å². The highest BCUT2D eigenvalue weighted by molar-refractivity contribution is 5.48. The Hall–Kier alpha value is -2.35. The summed E-state index contributed by atoms with van der Waals surface area (Å²) in [5.41, 5.74) is 2.41. The molecule has 0 saturated carbocycles. The fourth-order valence-corrected chi connectivity index (χ4v) is 1.86. The average molecular weight is 255 g/mol. The first-order chi connectivity index (χ1) is 9.30. The monoisotopic (exact) mass is 255 g/mol. The van der Waals surface area contributed by atoms with Crippen molar-refractivity contribution >= 4 is 5.82 Å². The normalized spacial score (nSPS) is 10.2. The van der Waals surface area contributed by atoms with Crippen molar-refractivity contribution in [2.75, 3.05) is 11.9 Å². The second-order valence-corrected chi connectivity index (χ2v) is 4.21. The van der Waals surface area contributed by atoms with Crippen molar-refractivity contribution in [3.8, 4) is 11.8 Å². The number of hydrogen-bond acceptors (Lipinski definition) is 4. The summed E-state index contributed by atoms with van der Waals surface area (Å²) >= 11 is 0. The van der Waals surface area contributed by atoms with Gasteiger partial charge in [0.1, 0.15) is 6.07 Å². The lowest BCUT2D eigenvalue weighted by Crippen LogP contribution is -2.04. The van der Waals surface area contributed by atoms with Crippen LogP contribution in [-0.2, 0) is 6.42 Å². The summed E-state index contributed by atoms with van der Waals surface area (Å²) in [6, 6.07) is 10.0. The second-order valence-electron chi connectivity index (χ2n) is 4.21. The van der Waals surface area contributed by atoms with Crippen molar-refractivity contribution in [3.63, 3.8) is 0 Å². The van der Waals surface area contributed by atoms with Gasteiger partial charge in [0.15, 0.2) is 5.82 Å². The van der Waals surface area contributed by atoms with E-state index in [1.54, 1.807) is 0 Å². The maximum Gasteiger partial charge on any atom is 0.207 e. The summed E-state index contributed by atoms with van der Waals surface area (Å²) in [5.74, 6) is 0.551. The molecule has 1 N–H and O–H groups in total. The van der Waals surface area contributed by atoms with Crippen molar-refractivity contribution in [3.05, 3.63) is 35.5 Å². The molecule has 0 radical (unpaired) electrons. The Morgan fingerprint density at radius 3 is 2.74 bits per heavy atom. The van der Waals surface area contributed by atoms with Crippen LogP contribution in [0.2, 0.25) is 0 Å². The third kappa shape index (κ3) is 2.74. The van der Waals surface area contributed by atoms with Crippen LogP contribution >= 0.6 is 0 Å². The van der Waals surface area contributed by atoms with Crippen LogP contribution in [0, 0.1) is 11.3 Å². The predicted molar refractivity (Wildman–Crippen MR) is 74.2 cm³/mol. The first-order valence-corrected chi connectivity index (χ1v) is 6.49. The van der Waals surface area contributed by atoms with Crippen LogP contribution in [-0.4, -0.2) is 21.5 Å². The van der Waals surface area contributed by atoms with Crippen LogP contribution in [0.5, 0.6) is 0 Å². The lowest BCUT2D eigenvalue weighted by atomic mass is 10.1. The maximum absolute atomic E-state index is 9.10. The van der Waals surface area contributed by atoms with E-state index >= 15 is 0 Å². The molecule has 98 valence electrons. The van der Waals surface area contributed by atoms with Gasteiger partial charge >= 0.3 is 0 Å². The minimum atomic E-state index is 0.333. The molecular formula is C14H17N5. The smallest absolute Gasteiger partial charge is 0.207 e.